The van der Waals surface area contributed by atoms with E-state index >= 15 is 0 Å². The number of nitrogens with zero attached hydrogens (tertiary/aromatic N) is 2. The molecule has 2 aromatic carbocycles. The summed E-state index contributed by atoms with van der Waals surface area (Å²) in [6, 6.07) is 10.9. The molecule has 7 nitrogen and oxygen atoms in total. The summed E-state index contributed by atoms with van der Waals surface area (Å²) in [5, 5.41) is 3.96. The summed E-state index contributed by atoms with van der Waals surface area (Å²) in [6.45, 7) is 0.977. The first-order valence-corrected chi connectivity index (χ1v) is 10.0. The number of hydrogen-bond acceptors (Lipinski definition) is 6. The predicted octanol–water partition coefficient (Wildman–Crippen LogP) is 3.93. The average molecular weight is 411 g/mol. The van der Waals surface area contributed by atoms with Gasteiger partial charge in [0.05, 0.1) is 27.0 Å². The molecule has 0 atom stereocenters. The van der Waals surface area contributed by atoms with Crippen LogP contribution in [0.15, 0.2) is 47.8 Å². The largest absolute Gasteiger partial charge is 0.493 e. The highest BCUT2D eigenvalue weighted by Crippen LogP contribution is 2.38. The predicted molar refractivity (Wildman–Crippen MR) is 112 cm³/mol. The lowest BCUT2D eigenvalue weighted by Gasteiger charge is -2.14. The Labute approximate surface area is 173 Å². The molecule has 29 heavy (non-hydrogen) atoms. The number of carbonyl (C=O) groups is 1. The fourth-order valence-electron chi connectivity index (χ4n) is 3.22. The van der Waals surface area contributed by atoms with E-state index in [-0.39, 0.29) is 5.91 Å². The van der Waals surface area contributed by atoms with Gasteiger partial charge in [-0.25, -0.2) is 4.98 Å². The minimum Gasteiger partial charge on any atom is -0.493 e. The Morgan fingerprint density at radius 1 is 1.10 bits per heavy atom. The van der Waals surface area contributed by atoms with E-state index in [4.69, 9.17) is 14.2 Å². The van der Waals surface area contributed by atoms with Gasteiger partial charge in [0.1, 0.15) is 0 Å². The van der Waals surface area contributed by atoms with Crippen LogP contribution >= 0.6 is 11.8 Å². The van der Waals surface area contributed by atoms with Crippen molar-refractivity contribution in [2.24, 2.45) is 0 Å². The fraction of sp³-hybridized carbons (Fsp3) is 0.238. The molecule has 4 rings (SSSR count). The molecule has 0 radical (unpaired) electrons. The summed E-state index contributed by atoms with van der Waals surface area (Å²) in [4.78, 5) is 17.5. The zero-order chi connectivity index (χ0) is 20.4. The number of ether oxygens (including phenoxy) is 3. The number of nitrogens with one attached hydrogen (secondary N) is 1. The molecule has 0 saturated heterocycles. The van der Waals surface area contributed by atoms with Gasteiger partial charge in [-0.3, -0.25) is 4.79 Å². The molecule has 1 amide bonds. The van der Waals surface area contributed by atoms with Gasteiger partial charge in [0.15, 0.2) is 16.7 Å². The number of benzene rings is 2. The lowest BCUT2D eigenvalue weighted by Crippen LogP contribution is -2.12. The van der Waals surface area contributed by atoms with Crippen molar-refractivity contribution in [2.75, 3.05) is 32.4 Å². The minimum atomic E-state index is -0.274. The number of hydrogen-bond donors (Lipinski definition) is 1. The van der Waals surface area contributed by atoms with Gasteiger partial charge in [0.2, 0.25) is 5.75 Å². The first-order chi connectivity index (χ1) is 14.1. The molecular formula is C21H21N3O4S. The Morgan fingerprint density at radius 2 is 1.86 bits per heavy atom. The molecule has 0 spiro atoms. The maximum absolute atomic E-state index is 12.8. The zero-order valence-electron chi connectivity index (χ0n) is 16.4. The SMILES string of the molecule is COc1cc(C(=O)Nc2cccc(-c3cn4c(n3)SCC4)c2)cc(OC)c1OC. The van der Waals surface area contributed by atoms with Crippen LogP contribution in [0.5, 0.6) is 17.2 Å². The Morgan fingerprint density at radius 3 is 2.52 bits per heavy atom. The second-order valence-corrected chi connectivity index (χ2v) is 7.46. The van der Waals surface area contributed by atoms with Crippen molar-refractivity contribution >= 4 is 23.4 Å². The van der Waals surface area contributed by atoms with Crippen molar-refractivity contribution in [1.82, 2.24) is 9.55 Å². The summed E-state index contributed by atoms with van der Waals surface area (Å²) in [5.41, 5.74) is 2.94. The van der Waals surface area contributed by atoms with Gasteiger partial charge in [-0.05, 0) is 24.3 Å². The summed E-state index contributed by atoms with van der Waals surface area (Å²) in [7, 11) is 4.56. The summed E-state index contributed by atoms with van der Waals surface area (Å²) in [6.07, 6.45) is 2.05. The topological polar surface area (TPSA) is 74.6 Å². The second kappa shape index (κ2) is 8.08. The number of amides is 1. The Hall–Kier alpha value is -3.13. The Kier molecular flexibility index (Phi) is 5.35. The van der Waals surface area contributed by atoms with Crippen molar-refractivity contribution in [3.05, 3.63) is 48.2 Å². The third-order valence-corrected chi connectivity index (χ3v) is 5.62. The molecule has 1 aliphatic heterocycles. The van der Waals surface area contributed by atoms with Crippen molar-refractivity contribution < 1.29 is 19.0 Å². The van der Waals surface area contributed by atoms with E-state index in [0.29, 0.717) is 28.5 Å². The molecule has 0 bridgehead atoms. The van der Waals surface area contributed by atoms with E-state index in [2.05, 4.69) is 21.1 Å². The van der Waals surface area contributed by atoms with Gasteiger partial charge in [0.25, 0.3) is 5.91 Å². The van der Waals surface area contributed by atoms with Crippen molar-refractivity contribution in [3.63, 3.8) is 0 Å². The lowest BCUT2D eigenvalue weighted by molar-refractivity contribution is 0.102. The standard InChI is InChI=1S/C21H21N3O4S/c1-26-17-10-14(11-18(27-2)19(17)28-3)20(25)22-15-6-4-5-13(9-15)16-12-24-7-8-29-21(24)23-16/h4-6,9-12H,7-8H2,1-3H3,(H,22,25). The van der Waals surface area contributed by atoms with Gasteiger partial charge < -0.3 is 24.1 Å². The van der Waals surface area contributed by atoms with E-state index in [0.717, 1.165) is 28.7 Å². The zero-order valence-corrected chi connectivity index (χ0v) is 17.2. The molecule has 1 aromatic heterocycles. The first-order valence-electron chi connectivity index (χ1n) is 9.04. The molecule has 8 heteroatoms. The van der Waals surface area contributed by atoms with Crippen molar-refractivity contribution in [2.45, 2.75) is 11.7 Å². The number of methoxy groups -OCH3 is 3. The van der Waals surface area contributed by atoms with Crippen LogP contribution in [0.2, 0.25) is 0 Å². The van der Waals surface area contributed by atoms with Crippen LogP contribution in [-0.4, -0.2) is 42.5 Å². The van der Waals surface area contributed by atoms with Gasteiger partial charge in [-0.15, -0.1) is 0 Å². The molecule has 3 aromatic rings. The van der Waals surface area contributed by atoms with Crippen LogP contribution < -0.4 is 19.5 Å². The van der Waals surface area contributed by atoms with Crippen LogP contribution in [0, 0.1) is 0 Å². The van der Waals surface area contributed by atoms with Crippen LogP contribution in [-0.2, 0) is 6.54 Å². The number of fused-ring (bicyclic) bond motifs is 1. The number of aromatic nitrogens is 2. The number of rotatable bonds is 6. The van der Waals surface area contributed by atoms with Gasteiger partial charge in [-0.2, -0.15) is 0 Å². The molecule has 0 fully saturated rings. The molecule has 0 saturated carbocycles. The number of carbonyl (C=O) groups excluding carboxylic acids is 1. The van der Waals surface area contributed by atoms with Gasteiger partial charge in [0, 0.05) is 35.3 Å². The van der Waals surface area contributed by atoms with Crippen LogP contribution in [0.25, 0.3) is 11.3 Å². The maximum Gasteiger partial charge on any atom is 0.255 e. The van der Waals surface area contributed by atoms with Gasteiger partial charge in [-0.1, -0.05) is 23.9 Å². The lowest BCUT2D eigenvalue weighted by atomic mass is 10.1. The molecule has 150 valence electrons. The summed E-state index contributed by atoms with van der Waals surface area (Å²) in [5.74, 6) is 2.09. The van der Waals surface area contributed by atoms with E-state index in [9.17, 15) is 4.79 Å². The van der Waals surface area contributed by atoms with E-state index in [1.807, 2.05) is 24.3 Å². The Balaban J connectivity index is 1.58. The number of thioether (sulfide) groups is 1. The first kappa shape index (κ1) is 19.2. The molecule has 2 heterocycles. The van der Waals surface area contributed by atoms with Crippen molar-refractivity contribution in [3.8, 4) is 28.5 Å². The minimum absolute atomic E-state index is 0.274. The van der Waals surface area contributed by atoms with Crippen LogP contribution in [0.3, 0.4) is 0 Å². The third-order valence-electron chi connectivity index (χ3n) is 4.65. The quantitative estimate of drug-likeness (QED) is 0.662. The average Bonchev–Trinajstić information content (AvgIpc) is 3.35. The fourth-order valence-corrected chi connectivity index (χ4v) is 4.16. The summed E-state index contributed by atoms with van der Waals surface area (Å²) < 4.78 is 18.1. The highest BCUT2D eigenvalue weighted by molar-refractivity contribution is 7.99. The highest BCUT2D eigenvalue weighted by Gasteiger charge is 2.18. The molecular weight excluding hydrogens is 390 g/mol. The van der Waals surface area contributed by atoms with Gasteiger partial charge >= 0.3 is 0 Å². The van der Waals surface area contributed by atoms with E-state index in [1.165, 1.54) is 21.3 Å². The van der Waals surface area contributed by atoms with Crippen LogP contribution in [0.1, 0.15) is 10.4 Å². The van der Waals surface area contributed by atoms with E-state index in [1.54, 1.807) is 23.9 Å². The normalized spacial score (nSPS) is 12.4. The third kappa shape index (κ3) is 3.75. The molecule has 0 unspecified atom stereocenters. The molecule has 1 aliphatic rings. The second-order valence-electron chi connectivity index (χ2n) is 6.40. The number of imidazole rings is 1. The smallest absolute Gasteiger partial charge is 0.255 e. The maximum atomic E-state index is 12.8. The van der Waals surface area contributed by atoms with Crippen molar-refractivity contribution in [1.29, 1.82) is 0 Å². The number of aryl methyl sites for hydroxylation is 1. The monoisotopic (exact) mass is 411 g/mol. The molecule has 1 N–H and O–H groups in total. The van der Waals surface area contributed by atoms with E-state index < -0.39 is 0 Å². The summed E-state index contributed by atoms with van der Waals surface area (Å²) >= 11 is 1.75. The highest BCUT2D eigenvalue weighted by atomic mass is 32.2. The molecule has 0 aliphatic carbocycles. The van der Waals surface area contributed by atoms with Crippen LogP contribution in [0.4, 0.5) is 5.69 Å². The Bertz CT molecular complexity index is 1020. The number of anilines is 1.